The summed E-state index contributed by atoms with van der Waals surface area (Å²) in [6.07, 6.45) is -4.36. The second-order valence-corrected chi connectivity index (χ2v) is 8.31. The number of likely N-dealkylation sites (N-methyl/N-ethyl adjacent to an activating group) is 1. The van der Waals surface area contributed by atoms with Crippen molar-refractivity contribution in [2.75, 3.05) is 33.2 Å². The zero-order valence-corrected chi connectivity index (χ0v) is 16.9. The number of halogens is 3. The number of aliphatic carboxylic acids is 2. The first-order chi connectivity index (χ1) is 13.6. The molecule has 0 saturated carbocycles. The number of carbonyl (C=O) groups is 2. The van der Waals surface area contributed by atoms with Crippen molar-refractivity contribution >= 4 is 29.3 Å². The number of nitrogens with one attached hydrogen (secondary N) is 2. The van der Waals surface area contributed by atoms with Crippen LogP contribution in [-0.4, -0.2) is 97.0 Å². The largest absolute Gasteiger partial charge is 0.490 e. The average molecular weight is 466 g/mol. The maximum Gasteiger partial charge on any atom is 0.490 e. The van der Waals surface area contributed by atoms with Gasteiger partial charge in [-0.3, -0.25) is 4.79 Å². The van der Waals surface area contributed by atoms with Crippen molar-refractivity contribution < 1.29 is 51.4 Å². The monoisotopic (exact) mass is 466 g/mol. The number of hydrogen-bond acceptors (Lipinski definition) is 8. The van der Waals surface area contributed by atoms with Crippen molar-refractivity contribution in [3.8, 4) is 0 Å². The summed E-state index contributed by atoms with van der Waals surface area (Å²) >= 11 is 0. The van der Waals surface area contributed by atoms with E-state index in [1.807, 2.05) is 0 Å². The summed E-state index contributed by atoms with van der Waals surface area (Å²) in [6, 6.07) is 0. The Kier molecular flexibility index (Phi) is 11.2. The van der Waals surface area contributed by atoms with Crippen molar-refractivity contribution in [3.05, 3.63) is 0 Å². The number of rotatable bonds is 10. The zero-order chi connectivity index (χ0) is 23.8. The Morgan fingerprint density at radius 1 is 1.27 bits per heavy atom. The summed E-state index contributed by atoms with van der Waals surface area (Å²) in [6.45, 7) is 0.293. The number of hydrogen-bond donors (Lipinski definition) is 7. The van der Waals surface area contributed by atoms with Crippen LogP contribution in [0.25, 0.3) is 0 Å². The maximum atomic E-state index is 12.2. The molecule has 0 aliphatic carbocycles. The van der Waals surface area contributed by atoms with Gasteiger partial charge in [0.25, 0.3) is 10.2 Å². The predicted octanol–water partition coefficient (Wildman–Crippen LogP) is -2.36. The first kappa shape index (κ1) is 28.5. The van der Waals surface area contributed by atoms with E-state index >= 15 is 0 Å². The summed E-state index contributed by atoms with van der Waals surface area (Å²) in [7, 11) is -3.60. The van der Waals surface area contributed by atoms with Crippen molar-refractivity contribution in [3.63, 3.8) is 0 Å². The fourth-order valence-electron chi connectivity index (χ4n) is 2.61. The third kappa shape index (κ3) is 9.11. The Labute approximate surface area is 171 Å². The summed E-state index contributed by atoms with van der Waals surface area (Å²) < 4.78 is 59.6. The minimum absolute atomic E-state index is 0.0147. The second kappa shape index (κ2) is 11.8. The van der Waals surface area contributed by atoms with Crippen molar-refractivity contribution in [1.29, 1.82) is 0 Å². The van der Waals surface area contributed by atoms with E-state index < -0.39 is 46.9 Å². The lowest BCUT2D eigenvalue weighted by Crippen LogP contribution is -2.55. The van der Waals surface area contributed by atoms with Crippen molar-refractivity contribution in [2.24, 2.45) is 11.7 Å². The molecule has 8 N–H and O–H groups in total. The first-order valence-electron chi connectivity index (χ1n) is 8.65. The molecule has 30 heavy (non-hydrogen) atoms. The van der Waals surface area contributed by atoms with E-state index in [0.717, 1.165) is 4.31 Å². The van der Waals surface area contributed by atoms with Crippen LogP contribution in [0.3, 0.4) is 0 Å². The minimum Gasteiger partial charge on any atom is -0.480 e. The SMILES string of the molecule is CNCCNS(=O)(=O)N1C[C@@H](CCCB(O)O)[C@@](N)(C(=O)O)C1.O=C(O)C(F)(F)F. The van der Waals surface area contributed by atoms with E-state index in [4.69, 9.17) is 25.7 Å². The van der Waals surface area contributed by atoms with Gasteiger partial charge in [0, 0.05) is 32.1 Å². The molecular formula is C13H26BF3N4O8S. The summed E-state index contributed by atoms with van der Waals surface area (Å²) in [4.78, 5) is 20.4. The zero-order valence-electron chi connectivity index (χ0n) is 16.1. The Hall–Kier alpha value is -1.50. The second-order valence-electron chi connectivity index (χ2n) is 6.55. The van der Waals surface area contributed by atoms with Gasteiger partial charge in [0.2, 0.25) is 0 Å². The summed E-state index contributed by atoms with van der Waals surface area (Å²) in [5.74, 6) is -4.62. The number of nitrogens with two attached hydrogens (primary N) is 1. The Morgan fingerprint density at radius 3 is 2.20 bits per heavy atom. The minimum atomic E-state index is -5.08. The Bertz CT molecular complexity index is 682. The maximum absolute atomic E-state index is 12.2. The molecule has 0 aromatic carbocycles. The molecule has 1 aliphatic rings. The molecule has 1 aliphatic heterocycles. The van der Waals surface area contributed by atoms with Gasteiger partial charge >= 0.3 is 25.2 Å². The Morgan fingerprint density at radius 2 is 1.80 bits per heavy atom. The van der Waals surface area contributed by atoms with Crippen LogP contribution >= 0.6 is 0 Å². The number of carboxylic acids is 2. The van der Waals surface area contributed by atoms with Crippen LogP contribution < -0.4 is 15.8 Å². The van der Waals surface area contributed by atoms with Crippen LogP contribution in [0.15, 0.2) is 0 Å². The molecule has 0 amide bonds. The third-order valence-corrected chi connectivity index (χ3v) is 5.77. The highest BCUT2D eigenvalue weighted by molar-refractivity contribution is 7.87. The van der Waals surface area contributed by atoms with Gasteiger partial charge in [-0.15, -0.1) is 0 Å². The van der Waals surface area contributed by atoms with Gasteiger partial charge in [0.05, 0.1) is 0 Å². The molecule has 0 bridgehead atoms. The molecule has 0 aromatic heterocycles. The number of carboxylic acid groups (broad SMARTS) is 2. The molecule has 12 nitrogen and oxygen atoms in total. The highest BCUT2D eigenvalue weighted by Crippen LogP contribution is 2.31. The van der Waals surface area contributed by atoms with E-state index in [9.17, 15) is 31.5 Å². The van der Waals surface area contributed by atoms with Gasteiger partial charge in [0.15, 0.2) is 0 Å². The van der Waals surface area contributed by atoms with Gasteiger partial charge in [-0.2, -0.15) is 25.9 Å². The van der Waals surface area contributed by atoms with Gasteiger partial charge in [-0.05, 0) is 19.8 Å². The van der Waals surface area contributed by atoms with Crippen molar-refractivity contribution in [2.45, 2.75) is 30.9 Å². The standard InChI is InChI=1S/C11H25BN4O6S.C2HF3O2/c1-14-5-6-15-23(21,22)16-7-9(3-2-4-12(19)20)11(13,8-16)10(17)18;3-2(4,5)1(6)7/h9,14-15,19-20H,2-8,13H2,1H3,(H,17,18);(H,6,7)/t9-,11-;/m1./s1. The van der Waals surface area contributed by atoms with Crippen LogP contribution in [0.5, 0.6) is 0 Å². The van der Waals surface area contributed by atoms with Crippen LogP contribution in [-0.2, 0) is 19.8 Å². The molecule has 0 spiro atoms. The lowest BCUT2D eigenvalue weighted by atomic mass is 9.78. The quantitative estimate of drug-likeness (QED) is 0.135. The normalized spacial score (nSPS) is 22.3. The average Bonchev–Trinajstić information content (AvgIpc) is 2.94. The number of nitrogens with zero attached hydrogens (tertiary/aromatic N) is 1. The molecule has 1 heterocycles. The Balaban J connectivity index is 0.00000103. The third-order valence-electron chi connectivity index (χ3n) is 4.25. The molecule has 0 unspecified atom stereocenters. The molecule has 0 aromatic rings. The molecule has 1 saturated heterocycles. The van der Waals surface area contributed by atoms with E-state index in [2.05, 4.69) is 10.0 Å². The molecular weight excluding hydrogens is 440 g/mol. The molecule has 2 atom stereocenters. The van der Waals surface area contributed by atoms with Crippen molar-refractivity contribution in [1.82, 2.24) is 14.3 Å². The van der Waals surface area contributed by atoms with Crippen LogP contribution in [0.1, 0.15) is 12.8 Å². The van der Waals surface area contributed by atoms with Crippen LogP contribution in [0, 0.1) is 5.92 Å². The van der Waals surface area contributed by atoms with Gasteiger partial charge in [0.1, 0.15) is 5.54 Å². The summed E-state index contributed by atoms with van der Waals surface area (Å²) in [5.41, 5.74) is 4.25. The lowest BCUT2D eigenvalue weighted by Gasteiger charge is -2.25. The topological polar surface area (TPSA) is 203 Å². The highest BCUT2D eigenvalue weighted by Gasteiger charge is 2.52. The van der Waals surface area contributed by atoms with E-state index in [1.54, 1.807) is 7.05 Å². The lowest BCUT2D eigenvalue weighted by molar-refractivity contribution is -0.192. The predicted molar refractivity (Wildman–Crippen MR) is 98.4 cm³/mol. The molecule has 0 radical (unpaired) electrons. The van der Waals surface area contributed by atoms with Crippen LogP contribution in [0.4, 0.5) is 13.2 Å². The first-order valence-corrected chi connectivity index (χ1v) is 10.1. The van der Waals surface area contributed by atoms with E-state index in [1.165, 1.54) is 0 Å². The summed E-state index contributed by atoms with van der Waals surface area (Å²) in [5, 5.41) is 37.0. The van der Waals surface area contributed by atoms with Gasteiger partial charge < -0.3 is 31.3 Å². The fourth-order valence-corrected chi connectivity index (χ4v) is 3.91. The van der Waals surface area contributed by atoms with Gasteiger partial charge in [-0.25, -0.2) is 9.52 Å². The van der Waals surface area contributed by atoms with E-state index in [0.29, 0.717) is 19.4 Å². The molecule has 17 heteroatoms. The van der Waals surface area contributed by atoms with E-state index in [-0.39, 0.29) is 26.0 Å². The van der Waals surface area contributed by atoms with Gasteiger partial charge in [-0.1, -0.05) is 6.42 Å². The molecule has 176 valence electrons. The smallest absolute Gasteiger partial charge is 0.480 e. The highest BCUT2D eigenvalue weighted by atomic mass is 32.2. The number of alkyl halides is 3. The van der Waals surface area contributed by atoms with Crippen LogP contribution in [0.2, 0.25) is 6.32 Å². The molecule has 1 rings (SSSR count). The fraction of sp³-hybridized carbons (Fsp3) is 0.846. The molecule has 1 fully saturated rings.